The third kappa shape index (κ3) is 2.51. The minimum Gasteiger partial charge on any atom is -0.497 e. The molecule has 1 aliphatic rings. The Morgan fingerprint density at radius 2 is 1.89 bits per heavy atom. The van der Waals surface area contributed by atoms with Crippen molar-refractivity contribution in [2.24, 2.45) is 0 Å². The van der Waals surface area contributed by atoms with Crippen molar-refractivity contribution < 1.29 is 14.3 Å². The first kappa shape index (κ1) is 12.2. The van der Waals surface area contributed by atoms with Crippen molar-refractivity contribution in [1.82, 2.24) is 10.6 Å². The average Bonchev–Trinajstić information content (AvgIpc) is 2.37. The van der Waals surface area contributed by atoms with Gasteiger partial charge >= 0.3 is 0 Å². The van der Waals surface area contributed by atoms with Crippen molar-refractivity contribution in [1.29, 1.82) is 0 Å². The Morgan fingerprint density at radius 3 is 2.50 bits per heavy atom. The molecule has 1 aromatic rings. The van der Waals surface area contributed by atoms with Crippen LogP contribution in [-0.4, -0.2) is 25.0 Å². The topological polar surface area (TPSA) is 67.4 Å². The molecule has 94 valence electrons. The number of rotatable bonds is 2. The van der Waals surface area contributed by atoms with E-state index >= 15 is 0 Å². The number of carbonyl (C=O) groups is 2. The van der Waals surface area contributed by atoms with Crippen LogP contribution < -0.4 is 15.4 Å². The molecule has 5 nitrogen and oxygen atoms in total. The molecule has 0 bridgehead atoms. The highest BCUT2D eigenvalue weighted by molar-refractivity contribution is 6.07. The largest absolute Gasteiger partial charge is 0.497 e. The molecule has 0 aromatic heterocycles. The van der Waals surface area contributed by atoms with E-state index < -0.39 is 6.04 Å². The van der Waals surface area contributed by atoms with E-state index in [2.05, 4.69) is 10.6 Å². The Kier molecular flexibility index (Phi) is 3.32. The molecule has 2 N–H and O–H groups in total. The summed E-state index contributed by atoms with van der Waals surface area (Å²) in [7, 11) is 1.59. The summed E-state index contributed by atoms with van der Waals surface area (Å²) in [5.74, 6) is 0.246. The first-order valence-corrected chi connectivity index (χ1v) is 5.57. The zero-order valence-electron chi connectivity index (χ0n) is 10.2. The van der Waals surface area contributed by atoms with Crippen molar-refractivity contribution in [3.63, 3.8) is 0 Å². The number of nitrogens with one attached hydrogen (secondary N) is 2. The van der Waals surface area contributed by atoms with Crippen LogP contribution in [0.5, 0.6) is 5.75 Å². The van der Waals surface area contributed by atoms with E-state index in [4.69, 9.17) is 4.74 Å². The first-order chi connectivity index (χ1) is 8.60. The molecule has 0 spiro atoms. The molecule has 1 atom stereocenters. The zero-order chi connectivity index (χ0) is 13.1. The van der Waals surface area contributed by atoms with E-state index in [9.17, 15) is 9.59 Å². The number of ether oxygens (including phenoxy) is 1. The Morgan fingerprint density at radius 1 is 1.22 bits per heavy atom. The Balaban J connectivity index is 2.21. The second-order valence-electron chi connectivity index (χ2n) is 4.02. The molecule has 0 radical (unpaired) electrons. The highest BCUT2D eigenvalue weighted by Gasteiger charge is 2.25. The number of piperazine rings is 1. The average molecular weight is 246 g/mol. The van der Waals surface area contributed by atoms with Gasteiger partial charge in [-0.05, 0) is 30.7 Å². The van der Waals surface area contributed by atoms with Crippen LogP contribution in [0.2, 0.25) is 0 Å². The number of amides is 2. The quantitative estimate of drug-likeness (QED) is 0.754. The summed E-state index contributed by atoms with van der Waals surface area (Å²) < 4.78 is 5.04. The van der Waals surface area contributed by atoms with Gasteiger partial charge in [0.05, 0.1) is 7.11 Å². The fourth-order valence-electron chi connectivity index (χ4n) is 1.61. The Bertz CT molecular complexity index is 505. The maximum absolute atomic E-state index is 11.7. The number of carbonyl (C=O) groups excluding carboxylic acids is 2. The van der Waals surface area contributed by atoms with Gasteiger partial charge in [0, 0.05) is 0 Å². The number of hydrogen-bond acceptors (Lipinski definition) is 3. The molecule has 1 saturated heterocycles. The number of hydrogen-bond donors (Lipinski definition) is 2. The van der Waals surface area contributed by atoms with Gasteiger partial charge in [-0.15, -0.1) is 0 Å². The standard InChI is InChI=1S/C13H14N2O3/c1-8-12(16)15-11(13(17)14-8)7-9-3-5-10(18-2)6-4-9/h3-8H,1-2H3,(H,14,17)(H,15,16)/b11-7+/t8-/m0/s1. The SMILES string of the molecule is COc1ccc(/C=C2/NC(=O)[C@H](C)NC2=O)cc1. The monoisotopic (exact) mass is 246 g/mol. The molecule has 1 aliphatic heterocycles. The van der Waals surface area contributed by atoms with Crippen LogP contribution in [0.25, 0.3) is 6.08 Å². The van der Waals surface area contributed by atoms with Gasteiger partial charge in [0.2, 0.25) is 5.91 Å². The third-order valence-electron chi connectivity index (χ3n) is 2.67. The van der Waals surface area contributed by atoms with E-state index in [1.54, 1.807) is 32.2 Å². The van der Waals surface area contributed by atoms with Crippen LogP contribution >= 0.6 is 0 Å². The molecule has 2 rings (SSSR count). The second-order valence-corrected chi connectivity index (χ2v) is 4.02. The van der Waals surface area contributed by atoms with Crippen molar-refractivity contribution in [3.8, 4) is 5.75 Å². The van der Waals surface area contributed by atoms with E-state index in [0.717, 1.165) is 11.3 Å². The summed E-state index contributed by atoms with van der Waals surface area (Å²) in [6.45, 7) is 1.64. The highest BCUT2D eigenvalue weighted by Crippen LogP contribution is 2.14. The van der Waals surface area contributed by atoms with E-state index in [1.807, 2.05) is 12.1 Å². The van der Waals surface area contributed by atoms with Crippen LogP contribution in [0, 0.1) is 0 Å². The zero-order valence-corrected chi connectivity index (χ0v) is 10.2. The minimum atomic E-state index is -0.495. The second kappa shape index (κ2) is 4.91. The first-order valence-electron chi connectivity index (χ1n) is 5.57. The third-order valence-corrected chi connectivity index (χ3v) is 2.67. The van der Waals surface area contributed by atoms with Crippen LogP contribution in [0.1, 0.15) is 12.5 Å². The van der Waals surface area contributed by atoms with Gasteiger partial charge in [0.25, 0.3) is 5.91 Å². The van der Waals surface area contributed by atoms with Crippen LogP contribution in [-0.2, 0) is 9.59 Å². The number of methoxy groups -OCH3 is 1. The fraction of sp³-hybridized carbons (Fsp3) is 0.231. The molecule has 0 unspecified atom stereocenters. The van der Waals surface area contributed by atoms with E-state index in [0.29, 0.717) is 0 Å². The van der Waals surface area contributed by atoms with Crippen LogP contribution in [0.15, 0.2) is 30.0 Å². The highest BCUT2D eigenvalue weighted by atomic mass is 16.5. The van der Waals surface area contributed by atoms with Gasteiger partial charge in [0.1, 0.15) is 17.5 Å². The van der Waals surface area contributed by atoms with Gasteiger partial charge in [-0.2, -0.15) is 0 Å². The minimum absolute atomic E-state index is 0.214. The fourth-order valence-corrected chi connectivity index (χ4v) is 1.61. The number of benzene rings is 1. The molecule has 0 aliphatic carbocycles. The summed E-state index contributed by atoms with van der Waals surface area (Å²) >= 11 is 0. The molecule has 1 fully saturated rings. The molecular weight excluding hydrogens is 232 g/mol. The molecule has 2 amide bonds. The van der Waals surface area contributed by atoms with Gasteiger partial charge in [-0.3, -0.25) is 9.59 Å². The van der Waals surface area contributed by atoms with Crippen molar-refractivity contribution in [3.05, 3.63) is 35.5 Å². The van der Waals surface area contributed by atoms with E-state index in [1.165, 1.54) is 0 Å². The summed E-state index contributed by atoms with van der Waals surface area (Å²) in [6, 6.07) is 6.70. The molecule has 1 heterocycles. The van der Waals surface area contributed by atoms with Crippen molar-refractivity contribution in [2.75, 3.05) is 7.11 Å². The molecular formula is C13H14N2O3. The Hall–Kier alpha value is -2.30. The van der Waals surface area contributed by atoms with Crippen molar-refractivity contribution in [2.45, 2.75) is 13.0 Å². The van der Waals surface area contributed by atoms with Crippen LogP contribution in [0.3, 0.4) is 0 Å². The molecule has 0 saturated carbocycles. The predicted octanol–water partition coefficient (Wildman–Crippen LogP) is 0.671. The van der Waals surface area contributed by atoms with Gasteiger partial charge in [-0.25, -0.2) is 0 Å². The smallest absolute Gasteiger partial charge is 0.268 e. The normalized spacial score (nSPS) is 21.4. The maximum Gasteiger partial charge on any atom is 0.268 e. The van der Waals surface area contributed by atoms with Crippen LogP contribution in [0.4, 0.5) is 0 Å². The molecule has 1 aromatic carbocycles. The van der Waals surface area contributed by atoms with Gasteiger partial charge in [0.15, 0.2) is 0 Å². The van der Waals surface area contributed by atoms with Crippen molar-refractivity contribution >= 4 is 17.9 Å². The summed E-state index contributed by atoms with van der Waals surface area (Å²) in [5, 5.41) is 5.15. The summed E-state index contributed by atoms with van der Waals surface area (Å²) in [5.41, 5.74) is 1.07. The lowest BCUT2D eigenvalue weighted by atomic mass is 10.1. The predicted molar refractivity (Wildman–Crippen MR) is 66.7 cm³/mol. The molecule has 18 heavy (non-hydrogen) atoms. The lowest BCUT2D eigenvalue weighted by molar-refractivity contribution is -0.130. The van der Waals surface area contributed by atoms with E-state index in [-0.39, 0.29) is 17.5 Å². The maximum atomic E-state index is 11.7. The van der Waals surface area contributed by atoms with Gasteiger partial charge in [-0.1, -0.05) is 12.1 Å². The van der Waals surface area contributed by atoms with Gasteiger partial charge < -0.3 is 15.4 Å². The summed E-state index contributed by atoms with van der Waals surface area (Å²) in [4.78, 5) is 23.1. The lowest BCUT2D eigenvalue weighted by Crippen LogP contribution is -2.53. The Labute approximate surface area is 105 Å². The lowest BCUT2D eigenvalue weighted by Gasteiger charge is -2.21. The summed E-state index contributed by atoms with van der Waals surface area (Å²) in [6.07, 6.45) is 1.62. The molecule has 5 heteroatoms.